The first-order valence-corrected chi connectivity index (χ1v) is 4.39. The normalized spacial score (nSPS) is 20.4. The Labute approximate surface area is 68.8 Å². The van der Waals surface area contributed by atoms with Crippen LogP contribution in [0.25, 0.3) is 0 Å². The van der Waals surface area contributed by atoms with Gasteiger partial charge in [0.1, 0.15) is 0 Å². The number of hydrogen-bond donors (Lipinski definition) is 2. The molecule has 1 aliphatic rings. The van der Waals surface area contributed by atoms with Gasteiger partial charge in [0, 0.05) is 5.70 Å². The number of aliphatic carboxylic acids is 1. The predicted molar refractivity (Wildman–Crippen MR) is 40.9 cm³/mol. The largest absolute Gasteiger partial charge is 0.476 e. The van der Waals surface area contributed by atoms with Crippen LogP contribution in [0, 0.1) is 0 Å². The maximum Gasteiger partial charge on any atom is 0.355 e. The molecule has 66 valence electrons. The van der Waals surface area contributed by atoms with Crippen LogP contribution in [0.15, 0.2) is 16.2 Å². The summed E-state index contributed by atoms with van der Waals surface area (Å²) in [6, 6.07) is 0. The number of carboxylic acids is 1. The molecule has 0 aliphatic carbocycles. The molecule has 0 aromatic rings. The van der Waals surface area contributed by atoms with Crippen LogP contribution < -0.4 is 4.72 Å². The third-order valence-corrected chi connectivity index (χ3v) is 2.10. The van der Waals surface area contributed by atoms with Crippen LogP contribution in [-0.2, 0) is 15.0 Å². The molecule has 0 amide bonds. The van der Waals surface area contributed by atoms with Gasteiger partial charge in [-0.2, -0.15) is 8.42 Å². The Bertz CT molecular complexity index is 378. The summed E-state index contributed by atoms with van der Waals surface area (Å²) in [6.07, 6.45) is 1.14. The highest BCUT2D eigenvalue weighted by Gasteiger charge is 2.19. The van der Waals surface area contributed by atoms with E-state index >= 15 is 0 Å². The molecule has 7 heteroatoms. The number of carbonyl (C=O) groups is 1. The van der Waals surface area contributed by atoms with Gasteiger partial charge in [0.2, 0.25) is 0 Å². The molecule has 0 bridgehead atoms. The van der Waals surface area contributed by atoms with Crippen LogP contribution >= 0.6 is 0 Å². The standard InChI is InChI=1S/C5H6N2O4S/c1-3-2-4(5(8)9)7-12(10,11)6-3/h2,6H,1H3,(H,8,9). The summed E-state index contributed by atoms with van der Waals surface area (Å²) in [4.78, 5) is 10.3. The second-order valence-electron chi connectivity index (χ2n) is 2.19. The minimum absolute atomic E-state index is 0.238. The van der Waals surface area contributed by atoms with Gasteiger partial charge in [0.05, 0.1) is 0 Å². The van der Waals surface area contributed by atoms with Crippen molar-refractivity contribution in [3.05, 3.63) is 11.8 Å². The smallest absolute Gasteiger partial charge is 0.355 e. The van der Waals surface area contributed by atoms with Crippen LogP contribution in [0.5, 0.6) is 0 Å². The Morgan fingerprint density at radius 1 is 1.67 bits per heavy atom. The Kier molecular flexibility index (Phi) is 1.89. The first kappa shape index (κ1) is 8.72. The quantitative estimate of drug-likeness (QED) is 0.569. The van der Waals surface area contributed by atoms with Gasteiger partial charge in [-0.05, 0) is 13.0 Å². The van der Waals surface area contributed by atoms with Crippen molar-refractivity contribution in [2.45, 2.75) is 6.92 Å². The number of nitrogens with one attached hydrogen (secondary N) is 1. The van der Waals surface area contributed by atoms with E-state index in [2.05, 4.69) is 4.40 Å². The number of carboxylic acid groups (broad SMARTS) is 1. The van der Waals surface area contributed by atoms with E-state index < -0.39 is 21.9 Å². The summed E-state index contributed by atoms with van der Waals surface area (Å²) in [7, 11) is -3.84. The average molecular weight is 190 g/mol. The lowest BCUT2D eigenvalue weighted by Crippen LogP contribution is -2.28. The molecule has 0 radical (unpaired) electrons. The number of nitrogens with zero attached hydrogens (tertiary/aromatic N) is 1. The van der Waals surface area contributed by atoms with Gasteiger partial charge in [0.15, 0.2) is 5.71 Å². The van der Waals surface area contributed by atoms with Gasteiger partial charge in [-0.25, -0.2) is 4.79 Å². The van der Waals surface area contributed by atoms with Gasteiger partial charge in [0.25, 0.3) is 0 Å². The third-order valence-electron chi connectivity index (χ3n) is 1.08. The van der Waals surface area contributed by atoms with Gasteiger partial charge >= 0.3 is 16.2 Å². The van der Waals surface area contributed by atoms with E-state index in [0.29, 0.717) is 0 Å². The maximum absolute atomic E-state index is 10.8. The van der Waals surface area contributed by atoms with Gasteiger partial charge < -0.3 is 5.11 Å². The highest BCUT2D eigenvalue weighted by Crippen LogP contribution is 2.03. The van der Waals surface area contributed by atoms with Crippen molar-refractivity contribution in [1.82, 2.24) is 4.72 Å². The molecule has 0 fully saturated rings. The van der Waals surface area contributed by atoms with Crippen molar-refractivity contribution < 1.29 is 18.3 Å². The van der Waals surface area contributed by atoms with Crippen molar-refractivity contribution in [3.8, 4) is 0 Å². The van der Waals surface area contributed by atoms with Crippen molar-refractivity contribution >= 4 is 21.9 Å². The molecule has 0 aromatic heterocycles. The lowest BCUT2D eigenvalue weighted by atomic mass is 10.3. The fourth-order valence-electron chi connectivity index (χ4n) is 0.717. The molecular weight excluding hydrogens is 184 g/mol. The topological polar surface area (TPSA) is 95.8 Å². The summed E-state index contributed by atoms with van der Waals surface area (Å²) in [5, 5.41) is 8.42. The average Bonchev–Trinajstić information content (AvgIpc) is 1.82. The molecule has 0 atom stereocenters. The fraction of sp³-hybridized carbons (Fsp3) is 0.200. The zero-order valence-corrected chi connectivity index (χ0v) is 6.92. The zero-order valence-electron chi connectivity index (χ0n) is 6.10. The van der Waals surface area contributed by atoms with Crippen LogP contribution in [0.2, 0.25) is 0 Å². The van der Waals surface area contributed by atoms with E-state index in [-0.39, 0.29) is 5.70 Å². The molecule has 0 spiro atoms. The second-order valence-corrected chi connectivity index (χ2v) is 3.52. The van der Waals surface area contributed by atoms with E-state index in [9.17, 15) is 13.2 Å². The van der Waals surface area contributed by atoms with E-state index in [4.69, 9.17) is 5.11 Å². The van der Waals surface area contributed by atoms with E-state index in [1.54, 1.807) is 0 Å². The highest BCUT2D eigenvalue weighted by molar-refractivity contribution is 7.88. The highest BCUT2D eigenvalue weighted by atomic mass is 32.2. The maximum atomic E-state index is 10.8. The Morgan fingerprint density at radius 2 is 2.25 bits per heavy atom. The molecule has 2 N–H and O–H groups in total. The van der Waals surface area contributed by atoms with Crippen LogP contribution in [-0.4, -0.2) is 25.2 Å². The van der Waals surface area contributed by atoms with Gasteiger partial charge in [-0.1, -0.05) is 0 Å². The molecule has 1 heterocycles. The summed E-state index contributed by atoms with van der Waals surface area (Å²) < 4.78 is 26.5. The van der Waals surface area contributed by atoms with E-state index in [1.165, 1.54) is 6.92 Å². The van der Waals surface area contributed by atoms with E-state index in [1.807, 2.05) is 4.72 Å². The van der Waals surface area contributed by atoms with Crippen LogP contribution in [0.3, 0.4) is 0 Å². The minimum Gasteiger partial charge on any atom is -0.476 e. The monoisotopic (exact) mass is 190 g/mol. The number of allylic oxidation sites excluding steroid dienone is 1. The lowest BCUT2D eigenvalue weighted by molar-refractivity contribution is -0.129. The first-order chi connectivity index (χ1) is 5.41. The third kappa shape index (κ3) is 1.82. The summed E-state index contributed by atoms with van der Waals surface area (Å²) in [5.74, 6) is -1.36. The summed E-state index contributed by atoms with van der Waals surface area (Å²) >= 11 is 0. The second kappa shape index (κ2) is 2.59. The predicted octanol–water partition coefficient (Wildman–Crippen LogP) is -0.736. The molecule has 0 saturated heterocycles. The zero-order chi connectivity index (χ0) is 9.35. The van der Waals surface area contributed by atoms with Gasteiger partial charge in [-0.15, -0.1) is 4.40 Å². The molecular formula is C5H6N2O4S. The molecule has 0 aromatic carbocycles. The lowest BCUT2D eigenvalue weighted by Gasteiger charge is -2.08. The SMILES string of the molecule is CC1=CC(C(=O)O)=NS(=O)(=O)N1. The Morgan fingerprint density at radius 3 is 2.67 bits per heavy atom. The fourth-order valence-corrected chi connectivity index (χ4v) is 1.62. The first-order valence-electron chi connectivity index (χ1n) is 2.95. The Hall–Kier alpha value is -1.37. The molecule has 0 unspecified atom stereocenters. The minimum atomic E-state index is -3.84. The molecule has 1 rings (SSSR count). The van der Waals surface area contributed by atoms with Crippen molar-refractivity contribution in [3.63, 3.8) is 0 Å². The van der Waals surface area contributed by atoms with Crippen molar-refractivity contribution in [2.24, 2.45) is 4.40 Å². The van der Waals surface area contributed by atoms with Crippen molar-refractivity contribution in [2.75, 3.05) is 0 Å². The van der Waals surface area contributed by atoms with Crippen molar-refractivity contribution in [1.29, 1.82) is 0 Å². The van der Waals surface area contributed by atoms with Crippen LogP contribution in [0.4, 0.5) is 0 Å². The number of rotatable bonds is 1. The van der Waals surface area contributed by atoms with Crippen LogP contribution in [0.1, 0.15) is 6.92 Å². The Balaban J connectivity index is 3.18. The summed E-state index contributed by atoms with van der Waals surface area (Å²) in [5.41, 5.74) is -0.242. The molecule has 6 nitrogen and oxygen atoms in total. The molecule has 12 heavy (non-hydrogen) atoms. The molecule has 0 saturated carbocycles. The number of hydrogen-bond acceptors (Lipinski definition) is 3. The van der Waals surface area contributed by atoms with E-state index in [0.717, 1.165) is 6.08 Å². The molecule has 1 aliphatic heterocycles. The summed E-state index contributed by atoms with van der Waals surface area (Å²) in [6.45, 7) is 1.44. The van der Waals surface area contributed by atoms with Gasteiger partial charge in [-0.3, -0.25) is 4.72 Å².